The average Bonchev–Trinajstić information content (AvgIpc) is 2.35. The Morgan fingerprint density at radius 2 is 2.16 bits per heavy atom. The lowest BCUT2D eigenvalue weighted by molar-refractivity contribution is -0.138. The zero-order valence-electron chi connectivity index (χ0n) is 11.1. The summed E-state index contributed by atoms with van der Waals surface area (Å²) in [6.07, 6.45) is 7.74. The molecule has 0 spiro atoms. The monoisotopic (exact) mass is 265 g/mol. The van der Waals surface area contributed by atoms with Crippen molar-refractivity contribution in [1.82, 2.24) is 9.55 Å². The molecular weight excluding hydrogens is 246 g/mol. The molecule has 6 nitrogen and oxygen atoms in total. The highest BCUT2D eigenvalue weighted by Gasteiger charge is 2.35. The van der Waals surface area contributed by atoms with Gasteiger partial charge >= 0.3 is 5.97 Å². The van der Waals surface area contributed by atoms with Crippen LogP contribution < -0.4 is 10.9 Å². The summed E-state index contributed by atoms with van der Waals surface area (Å²) in [4.78, 5) is 27.1. The van der Waals surface area contributed by atoms with Crippen LogP contribution in [-0.4, -0.2) is 26.2 Å². The summed E-state index contributed by atoms with van der Waals surface area (Å²) in [6.45, 7) is 0. The molecule has 0 bridgehead atoms. The molecular formula is C13H19N3O3. The van der Waals surface area contributed by atoms with Gasteiger partial charge in [0.1, 0.15) is 0 Å². The van der Waals surface area contributed by atoms with Crippen LogP contribution in [0.3, 0.4) is 0 Å². The predicted octanol–water partition coefficient (Wildman–Crippen LogP) is 1.37. The maximum Gasteiger partial charge on any atom is 0.305 e. The number of anilines is 1. The third kappa shape index (κ3) is 3.13. The number of carboxylic acid groups (broad SMARTS) is 1. The number of rotatable bonds is 4. The molecule has 0 amide bonds. The van der Waals surface area contributed by atoms with E-state index in [0.717, 1.165) is 32.1 Å². The van der Waals surface area contributed by atoms with E-state index >= 15 is 0 Å². The minimum Gasteiger partial charge on any atom is -0.481 e. The van der Waals surface area contributed by atoms with E-state index in [0.29, 0.717) is 0 Å². The number of nitrogens with one attached hydrogen (secondary N) is 1. The lowest BCUT2D eigenvalue weighted by Gasteiger charge is -2.37. The molecule has 0 aromatic carbocycles. The Morgan fingerprint density at radius 3 is 2.79 bits per heavy atom. The molecule has 19 heavy (non-hydrogen) atoms. The van der Waals surface area contributed by atoms with Gasteiger partial charge in [-0.05, 0) is 12.8 Å². The molecule has 104 valence electrons. The van der Waals surface area contributed by atoms with E-state index in [9.17, 15) is 9.59 Å². The van der Waals surface area contributed by atoms with Gasteiger partial charge in [0.2, 0.25) is 0 Å². The molecule has 1 fully saturated rings. The summed E-state index contributed by atoms with van der Waals surface area (Å²) < 4.78 is 1.44. The van der Waals surface area contributed by atoms with Crippen molar-refractivity contribution in [2.75, 3.05) is 5.32 Å². The van der Waals surface area contributed by atoms with E-state index in [2.05, 4.69) is 10.3 Å². The van der Waals surface area contributed by atoms with Gasteiger partial charge in [0, 0.05) is 25.0 Å². The molecule has 2 N–H and O–H groups in total. The molecule has 1 aromatic heterocycles. The lowest BCUT2D eigenvalue weighted by atomic mass is 9.79. The maximum atomic E-state index is 12.0. The van der Waals surface area contributed by atoms with Crippen molar-refractivity contribution < 1.29 is 9.90 Å². The minimum absolute atomic E-state index is 0.0206. The number of carboxylic acids is 1. The van der Waals surface area contributed by atoms with Crippen LogP contribution in [0.15, 0.2) is 17.2 Å². The van der Waals surface area contributed by atoms with Gasteiger partial charge in [0.25, 0.3) is 5.56 Å². The van der Waals surface area contributed by atoms with Gasteiger partial charge in [-0.15, -0.1) is 0 Å². The third-order valence-electron chi connectivity index (χ3n) is 3.70. The average molecular weight is 265 g/mol. The largest absolute Gasteiger partial charge is 0.481 e. The number of aryl methyl sites for hydroxylation is 1. The van der Waals surface area contributed by atoms with E-state index in [-0.39, 0.29) is 17.8 Å². The van der Waals surface area contributed by atoms with Crippen LogP contribution in [0.4, 0.5) is 5.82 Å². The molecule has 2 rings (SSSR count). The first-order valence-corrected chi connectivity index (χ1v) is 6.54. The van der Waals surface area contributed by atoms with Crippen molar-refractivity contribution in [3.05, 3.63) is 22.7 Å². The first-order chi connectivity index (χ1) is 9.02. The summed E-state index contributed by atoms with van der Waals surface area (Å²) in [7, 11) is 1.65. The molecule has 1 aliphatic rings. The van der Waals surface area contributed by atoms with Gasteiger partial charge in [-0.25, -0.2) is 4.98 Å². The lowest BCUT2D eigenvalue weighted by Crippen LogP contribution is -2.44. The minimum atomic E-state index is -0.845. The maximum absolute atomic E-state index is 12.0. The van der Waals surface area contributed by atoms with Crippen molar-refractivity contribution in [2.45, 2.75) is 44.1 Å². The van der Waals surface area contributed by atoms with E-state index in [1.165, 1.54) is 4.57 Å². The predicted molar refractivity (Wildman–Crippen MR) is 71.2 cm³/mol. The summed E-state index contributed by atoms with van der Waals surface area (Å²) in [5.74, 6) is -0.602. The summed E-state index contributed by atoms with van der Waals surface area (Å²) in [5, 5.41) is 12.2. The second-order valence-electron chi connectivity index (χ2n) is 5.23. The third-order valence-corrected chi connectivity index (χ3v) is 3.70. The molecule has 0 aliphatic heterocycles. The highest BCUT2D eigenvalue weighted by Crippen LogP contribution is 2.33. The fraction of sp³-hybridized carbons (Fsp3) is 0.615. The van der Waals surface area contributed by atoms with Crippen LogP contribution in [0.5, 0.6) is 0 Å². The van der Waals surface area contributed by atoms with E-state index in [4.69, 9.17) is 5.11 Å². The topological polar surface area (TPSA) is 84.2 Å². The Hall–Kier alpha value is -1.85. The van der Waals surface area contributed by atoms with Gasteiger partial charge in [-0.3, -0.25) is 9.59 Å². The van der Waals surface area contributed by atoms with Gasteiger partial charge in [0.05, 0.1) is 6.42 Å². The number of hydrogen-bond donors (Lipinski definition) is 2. The van der Waals surface area contributed by atoms with Crippen molar-refractivity contribution in [3.63, 3.8) is 0 Å². The highest BCUT2D eigenvalue weighted by atomic mass is 16.4. The molecule has 0 atom stereocenters. The van der Waals surface area contributed by atoms with Crippen molar-refractivity contribution >= 4 is 11.8 Å². The Morgan fingerprint density at radius 1 is 1.47 bits per heavy atom. The van der Waals surface area contributed by atoms with Crippen LogP contribution in [0.2, 0.25) is 0 Å². The fourth-order valence-corrected chi connectivity index (χ4v) is 2.70. The SMILES string of the molecule is Cn1ccnc(NC2(CC(=O)O)CCCCC2)c1=O. The number of nitrogens with zero attached hydrogens (tertiary/aromatic N) is 2. The smallest absolute Gasteiger partial charge is 0.305 e. The highest BCUT2D eigenvalue weighted by molar-refractivity contribution is 5.69. The van der Waals surface area contributed by atoms with Crippen molar-refractivity contribution in [1.29, 1.82) is 0 Å². The van der Waals surface area contributed by atoms with Crippen LogP contribution >= 0.6 is 0 Å². The number of hydrogen-bond acceptors (Lipinski definition) is 4. The molecule has 1 aliphatic carbocycles. The van der Waals surface area contributed by atoms with Gasteiger partial charge in [-0.2, -0.15) is 0 Å². The van der Waals surface area contributed by atoms with E-state index in [1.807, 2.05) is 0 Å². The molecule has 0 unspecified atom stereocenters. The number of aliphatic carboxylic acids is 1. The van der Waals surface area contributed by atoms with Crippen molar-refractivity contribution in [2.24, 2.45) is 7.05 Å². The first kappa shape index (κ1) is 13.6. The van der Waals surface area contributed by atoms with Crippen LogP contribution in [0.25, 0.3) is 0 Å². The van der Waals surface area contributed by atoms with E-state index < -0.39 is 11.5 Å². The molecule has 1 aromatic rings. The second-order valence-corrected chi connectivity index (χ2v) is 5.23. The first-order valence-electron chi connectivity index (χ1n) is 6.54. The van der Waals surface area contributed by atoms with Gasteiger partial charge in [-0.1, -0.05) is 19.3 Å². The Balaban J connectivity index is 2.27. The normalized spacial score (nSPS) is 17.9. The second kappa shape index (κ2) is 5.42. The molecule has 0 radical (unpaired) electrons. The van der Waals surface area contributed by atoms with Crippen molar-refractivity contribution in [3.8, 4) is 0 Å². The number of aromatic nitrogens is 2. The zero-order valence-corrected chi connectivity index (χ0v) is 11.1. The quantitative estimate of drug-likeness (QED) is 0.859. The zero-order chi connectivity index (χ0) is 13.9. The molecule has 0 saturated heterocycles. The summed E-state index contributed by atoms with van der Waals surface area (Å²) in [6, 6.07) is 0. The van der Waals surface area contributed by atoms with Crippen LogP contribution in [-0.2, 0) is 11.8 Å². The van der Waals surface area contributed by atoms with Crippen LogP contribution in [0, 0.1) is 0 Å². The van der Waals surface area contributed by atoms with Gasteiger partial charge < -0.3 is 15.0 Å². The van der Waals surface area contributed by atoms with E-state index in [1.54, 1.807) is 19.4 Å². The standard InChI is InChI=1S/C13H19N3O3/c1-16-8-7-14-11(12(16)19)15-13(9-10(17)18)5-3-2-4-6-13/h7-8H,2-6,9H2,1H3,(H,14,15)(H,17,18). The summed E-state index contributed by atoms with van der Waals surface area (Å²) >= 11 is 0. The Bertz CT molecular complexity index is 518. The summed E-state index contributed by atoms with van der Waals surface area (Å²) in [5.41, 5.74) is -0.761. The van der Waals surface area contributed by atoms with Crippen LogP contribution in [0.1, 0.15) is 38.5 Å². The molecule has 6 heteroatoms. The fourth-order valence-electron chi connectivity index (χ4n) is 2.70. The number of carbonyl (C=O) groups is 1. The molecule has 1 heterocycles. The Labute approximate surface area is 111 Å². The van der Waals surface area contributed by atoms with Gasteiger partial charge in [0.15, 0.2) is 5.82 Å². The Kier molecular flexibility index (Phi) is 3.87. The molecule has 1 saturated carbocycles.